The van der Waals surface area contributed by atoms with Crippen molar-refractivity contribution in [1.82, 2.24) is 4.98 Å². The fourth-order valence-electron chi connectivity index (χ4n) is 6.93. The van der Waals surface area contributed by atoms with Crippen molar-refractivity contribution in [2.75, 3.05) is 0 Å². The van der Waals surface area contributed by atoms with Crippen LogP contribution in [0.25, 0.3) is 0 Å². The summed E-state index contributed by atoms with van der Waals surface area (Å²) in [4.78, 5) is 4.24. The van der Waals surface area contributed by atoms with Crippen LogP contribution < -0.4 is 0 Å². The van der Waals surface area contributed by atoms with Crippen LogP contribution in [0.2, 0.25) is 0 Å². The molecule has 4 fully saturated rings. The standard InChI is InChI=1S/C19H17N/c1-2-4-12(5-3-1)18-14-10-16-17(11-15(14)18)19(16,18)13-6-8-20-9-7-13/h1-9,14-17H,10-11H2/t14-,15?,16+,17?,18?,19?/m0/s1. The fourth-order valence-corrected chi connectivity index (χ4v) is 6.93. The van der Waals surface area contributed by atoms with Gasteiger partial charge in [0.05, 0.1) is 0 Å². The molecule has 4 aliphatic rings. The monoisotopic (exact) mass is 259 g/mol. The summed E-state index contributed by atoms with van der Waals surface area (Å²) < 4.78 is 0. The zero-order valence-electron chi connectivity index (χ0n) is 11.4. The van der Waals surface area contributed by atoms with Crippen LogP contribution in [-0.4, -0.2) is 4.98 Å². The van der Waals surface area contributed by atoms with Gasteiger partial charge in [0, 0.05) is 23.2 Å². The largest absolute Gasteiger partial charge is 0.265 e. The molecule has 4 unspecified atom stereocenters. The molecule has 1 heteroatoms. The molecule has 0 amide bonds. The molecule has 0 saturated heterocycles. The SMILES string of the molecule is c1ccc(C23C4CC5[C@@H](C[C@@H]42)C53c2ccncc2)cc1. The Morgan fingerprint density at radius 3 is 1.75 bits per heavy atom. The highest BCUT2D eigenvalue weighted by atomic mass is 15.0. The maximum absolute atomic E-state index is 4.24. The fraction of sp³-hybridized carbons (Fsp3) is 0.421. The molecule has 0 aliphatic heterocycles. The number of hydrogen-bond donors (Lipinski definition) is 0. The Hall–Kier alpha value is -1.63. The second-order valence-electron chi connectivity index (χ2n) is 7.24. The molecule has 1 heterocycles. The van der Waals surface area contributed by atoms with Crippen LogP contribution in [-0.2, 0) is 10.8 Å². The van der Waals surface area contributed by atoms with E-state index in [9.17, 15) is 0 Å². The first-order valence-electron chi connectivity index (χ1n) is 7.88. The first kappa shape index (κ1) is 10.1. The molecule has 4 aliphatic carbocycles. The third kappa shape index (κ3) is 0.759. The zero-order chi connectivity index (χ0) is 12.9. The second-order valence-corrected chi connectivity index (χ2v) is 7.24. The van der Waals surface area contributed by atoms with Gasteiger partial charge in [0.15, 0.2) is 0 Å². The molecule has 98 valence electrons. The van der Waals surface area contributed by atoms with Crippen LogP contribution in [0.15, 0.2) is 54.9 Å². The molecule has 0 N–H and O–H groups in total. The van der Waals surface area contributed by atoms with Gasteiger partial charge in [-0.05, 0) is 59.8 Å². The lowest BCUT2D eigenvalue weighted by molar-refractivity contribution is 0.457. The van der Waals surface area contributed by atoms with Crippen molar-refractivity contribution in [2.24, 2.45) is 23.7 Å². The quantitative estimate of drug-likeness (QED) is 0.803. The predicted molar refractivity (Wildman–Crippen MR) is 77.2 cm³/mol. The number of nitrogens with zero attached hydrogens (tertiary/aromatic N) is 1. The van der Waals surface area contributed by atoms with E-state index < -0.39 is 0 Å². The van der Waals surface area contributed by atoms with E-state index in [1.165, 1.54) is 12.8 Å². The van der Waals surface area contributed by atoms with Gasteiger partial charge in [-0.1, -0.05) is 30.3 Å². The van der Waals surface area contributed by atoms with Gasteiger partial charge in [-0.2, -0.15) is 0 Å². The Bertz CT molecular complexity index is 626. The Balaban J connectivity index is 1.62. The lowest BCUT2D eigenvalue weighted by Crippen LogP contribution is -2.27. The molecule has 20 heavy (non-hydrogen) atoms. The highest BCUT2D eigenvalue weighted by molar-refractivity contribution is 5.62. The van der Waals surface area contributed by atoms with Gasteiger partial charge in [-0.3, -0.25) is 4.98 Å². The highest BCUT2D eigenvalue weighted by Gasteiger charge is 2.95. The van der Waals surface area contributed by atoms with E-state index >= 15 is 0 Å². The zero-order valence-corrected chi connectivity index (χ0v) is 11.4. The Morgan fingerprint density at radius 1 is 0.700 bits per heavy atom. The van der Waals surface area contributed by atoms with Gasteiger partial charge < -0.3 is 0 Å². The topological polar surface area (TPSA) is 12.9 Å². The summed E-state index contributed by atoms with van der Waals surface area (Å²) in [6.07, 6.45) is 6.94. The number of rotatable bonds is 2. The number of aromatic nitrogens is 1. The molecule has 6 atom stereocenters. The summed E-state index contributed by atoms with van der Waals surface area (Å²) in [5, 5.41) is 0. The summed E-state index contributed by atoms with van der Waals surface area (Å²) in [5.74, 6) is 3.85. The van der Waals surface area contributed by atoms with E-state index in [0.29, 0.717) is 10.8 Å². The molecule has 1 aromatic heterocycles. The molecular formula is C19H17N. The Morgan fingerprint density at radius 2 is 1.20 bits per heavy atom. The Kier molecular flexibility index (Phi) is 1.45. The molecule has 2 aromatic rings. The number of benzene rings is 1. The van der Waals surface area contributed by atoms with E-state index in [1.54, 1.807) is 11.1 Å². The lowest BCUT2D eigenvalue weighted by Gasteiger charge is -2.27. The van der Waals surface area contributed by atoms with Crippen molar-refractivity contribution in [3.8, 4) is 0 Å². The summed E-state index contributed by atoms with van der Waals surface area (Å²) in [5.41, 5.74) is 4.17. The van der Waals surface area contributed by atoms with Crippen molar-refractivity contribution in [1.29, 1.82) is 0 Å². The number of fused-ring (bicyclic) bond motifs is 2. The summed E-state index contributed by atoms with van der Waals surface area (Å²) in [7, 11) is 0. The summed E-state index contributed by atoms with van der Waals surface area (Å²) in [6.45, 7) is 0. The van der Waals surface area contributed by atoms with Gasteiger partial charge in [0.2, 0.25) is 0 Å². The second kappa shape index (κ2) is 2.86. The van der Waals surface area contributed by atoms with E-state index in [0.717, 1.165) is 23.7 Å². The minimum atomic E-state index is 0.479. The van der Waals surface area contributed by atoms with E-state index in [-0.39, 0.29) is 0 Å². The van der Waals surface area contributed by atoms with E-state index in [1.807, 2.05) is 12.4 Å². The van der Waals surface area contributed by atoms with E-state index in [2.05, 4.69) is 47.4 Å². The predicted octanol–water partition coefficient (Wildman–Crippen LogP) is 3.56. The first-order chi connectivity index (χ1) is 9.91. The van der Waals surface area contributed by atoms with Crippen LogP contribution in [0.1, 0.15) is 24.0 Å². The minimum absolute atomic E-state index is 0.479. The smallest absolute Gasteiger partial charge is 0.0270 e. The third-order valence-electron chi connectivity index (χ3n) is 7.20. The van der Waals surface area contributed by atoms with Crippen molar-refractivity contribution in [3.63, 3.8) is 0 Å². The van der Waals surface area contributed by atoms with Crippen molar-refractivity contribution in [2.45, 2.75) is 23.7 Å². The van der Waals surface area contributed by atoms with Crippen molar-refractivity contribution < 1.29 is 0 Å². The molecule has 0 bridgehead atoms. The van der Waals surface area contributed by atoms with Crippen LogP contribution in [0, 0.1) is 23.7 Å². The minimum Gasteiger partial charge on any atom is -0.265 e. The van der Waals surface area contributed by atoms with Gasteiger partial charge in [-0.15, -0.1) is 0 Å². The molecule has 1 aromatic carbocycles. The molecule has 1 nitrogen and oxygen atoms in total. The van der Waals surface area contributed by atoms with Gasteiger partial charge in [0.1, 0.15) is 0 Å². The van der Waals surface area contributed by atoms with Gasteiger partial charge in [0.25, 0.3) is 0 Å². The average Bonchev–Trinajstić information content (AvgIpc) is 3.32. The number of hydrogen-bond acceptors (Lipinski definition) is 1. The average molecular weight is 259 g/mol. The normalized spacial score (nSPS) is 49.0. The lowest BCUT2D eigenvalue weighted by atomic mass is 9.75. The van der Waals surface area contributed by atoms with Crippen LogP contribution in [0.5, 0.6) is 0 Å². The molecule has 4 saturated carbocycles. The summed E-state index contributed by atoms with van der Waals surface area (Å²) in [6, 6.07) is 16.0. The maximum Gasteiger partial charge on any atom is 0.0270 e. The Labute approximate surface area is 119 Å². The molecule has 0 spiro atoms. The van der Waals surface area contributed by atoms with Crippen LogP contribution in [0.3, 0.4) is 0 Å². The van der Waals surface area contributed by atoms with Crippen molar-refractivity contribution >= 4 is 0 Å². The molecular weight excluding hydrogens is 242 g/mol. The van der Waals surface area contributed by atoms with Crippen LogP contribution in [0.4, 0.5) is 0 Å². The van der Waals surface area contributed by atoms with Gasteiger partial charge in [-0.25, -0.2) is 0 Å². The van der Waals surface area contributed by atoms with Gasteiger partial charge >= 0.3 is 0 Å². The highest BCUT2D eigenvalue weighted by Crippen LogP contribution is 2.96. The van der Waals surface area contributed by atoms with Crippen molar-refractivity contribution in [3.05, 3.63) is 66.0 Å². The molecule has 6 rings (SSSR count). The third-order valence-corrected chi connectivity index (χ3v) is 7.20. The number of pyridine rings is 1. The maximum atomic E-state index is 4.24. The van der Waals surface area contributed by atoms with Crippen LogP contribution >= 0.6 is 0 Å². The van der Waals surface area contributed by atoms with E-state index in [4.69, 9.17) is 0 Å². The molecule has 0 radical (unpaired) electrons. The summed E-state index contributed by atoms with van der Waals surface area (Å²) >= 11 is 0. The first-order valence-corrected chi connectivity index (χ1v) is 7.88.